The number of carbonyl (C=O) groups excluding carboxylic acids is 3. The molecular formula is C25H28N6O3S. The van der Waals surface area contributed by atoms with Crippen LogP contribution in [-0.4, -0.2) is 58.6 Å². The van der Waals surface area contributed by atoms with E-state index in [1.165, 1.54) is 11.3 Å². The summed E-state index contributed by atoms with van der Waals surface area (Å²) in [6, 6.07) is 15.0. The molecule has 4 rings (SSSR count). The van der Waals surface area contributed by atoms with E-state index >= 15 is 0 Å². The number of hydrogen-bond acceptors (Lipinski definition) is 6. The zero-order valence-electron chi connectivity index (χ0n) is 19.2. The molecule has 10 heteroatoms. The fraction of sp³-hybridized carbons (Fsp3) is 0.320. The predicted octanol–water partition coefficient (Wildman–Crippen LogP) is 2.32. The van der Waals surface area contributed by atoms with Crippen LogP contribution in [0.5, 0.6) is 0 Å². The van der Waals surface area contributed by atoms with Crippen molar-refractivity contribution in [3.05, 3.63) is 65.2 Å². The zero-order chi connectivity index (χ0) is 24.8. The van der Waals surface area contributed by atoms with Gasteiger partial charge in [-0.25, -0.2) is 4.98 Å². The molecule has 3 aromatic rings. The van der Waals surface area contributed by atoms with Gasteiger partial charge in [-0.2, -0.15) is 0 Å². The Morgan fingerprint density at radius 3 is 2.60 bits per heavy atom. The molecule has 1 aliphatic rings. The first kappa shape index (κ1) is 24.3. The quantitative estimate of drug-likeness (QED) is 0.181. The van der Waals surface area contributed by atoms with Crippen LogP contribution in [0, 0.1) is 0 Å². The lowest BCUT2D eigenvalue weighted by atomic mass is 10.1. The van der Waals surface area contributed by atoms with Gasteiger partial charge in [-0.3, -0.25) is 19.4 Å². The Morgan fingerprint density at radius 1 is 1.11 bits per heavy atom. The second kappa shape index (κ2) is 11.1. The maximum absolute atomic E-state index is 13.4. The van der Waals surface area contributed by atoms with Crippen molar-refractivity contribution in [3.8, 4) is 0 Å². The van der Waals surface area contributed by atoms with Gasteiger partial charge in [-0.1, -0.05) is 30.3 Å². The summed E-state index contributed by atoms with van der Waals surface area (Å²) < 4.78 is 0.900. The number of hydrogen-bond donors (Lipinski definition) is 3. The Bertz CT molecular complexity index is 1210. The number of carbonyl (C=O) groups is 3. The van der Waals surface area contributed by atoms with Crippen molar-refractivity contribution in [1.29, 1.82) is 0 Å². The van der Waals surface area contributed by atoms with E-state index < -0.39 is 12.1 Å². The number of aromatic nitrogens is 1. The van der Waals surface area contributed by atoms with Gasteiger partial charge >= 0.3 is 0 Å². The number of ketones is 1. The SMILES string of the molecule is NC(N)=NCCC[C@H](NC(=O)[C@@H]1CCCN1C(=O)c1ccccc1)C(=O)c1nc2ccccc2s1. The molecule has 0 saturated carbocycles. The van der Waals surface area contributed by atoms with Gasteiger partial charge in [0.25, 0.3) is 5.91 Å². The number of para-hydroxylation sites is 1. The molecule has 1 fully saturated rings. The first-order chi connectivity index (χ1) is 16.9. The highest BCUT2D eigenvalue weighted by Crippen LogP contribution is 2.24. The summed E-state index contributed by atoms with van der Waals surface area (Å²) in [5.41, 5.74) is 12.1. The summed E-state index contributed by atoms with van der Waals surface area (Å²) >= 11 is 1.30. The molecular weight excluding hydrogens is 464 g/mol. The van der Waals surface area contributed by atoms with Crippen LogP contribution in [0.3, 0.4) is 0 Å². The minimum absolute atomic E-state index is 0.0240. The van der Waals surface area contributed by atoms with Gasteiger partial charge in [0.15, 0.2) is 11.0 Å². The molecule has 0 bridgehead atoms. The largest absolute Gasteiger partial charge is 0.370 e. The van der Waals surface area contributed by atoms with E-state index in [0.717, 1.165) is 16.6 Å². The van der Waals surface area contributed by atoms with E-state index in [0.29, 0.717) is 42.9 Å². The van der Waals surface area contributed by atoms with Crippen LogP contribution in [0.2, 0.25) is 0 Å². The molecule has 0 aliphatic carbocycles. The molecule has 1 aromatic heterocycles. The Kier molecular flexibility index (Phi) is 7.71. The summed E-state index contributed by atoms with van der Waals surface area (Å²) in [4.78, 5) is 49.7. The van der Waals surface area contributed by atoms with E-state index in [2.05, 4.69) is 15.3 Å². The minimum atomic E-state index is -0.800. The molecule has 2 atom stereocenters. The summed E-state index contributed by atoms with van der Waals surface area (Å²) in [7, 11) is 0. The van der Waals surface area contributed by atoms with Gasteiger partial charge in [0, 0.05) is 18.7 Å². The maximum atomic E-state index is 13.4. The Balaban J connectivity index is 1.51. The Morgan fingerprint density at radius 2 is 1.86 bits per heavy atom. The van der Waals surface area contributed by atoms with Crippen LogP contribution >= 0.6 is 11.3 Å². The second-order valence-electron chi connectivity index (χ2n) is 8.38. The van der Waals surface area contributed by atoms with Gasteiger partial charge in [0.2, 0.25) is 11.7 Å². The lowest BCUT2D eigenvalue weighted by Crippen LogP contribution is -2.51. The van der Waals surface area contributed by atoms with Crippen molar-refractivity contribution in [3.63, 3.8) is 0 Å². The molecule has 182 valence electrons. The van der Waals surface area contributed by atoms with Crippen molar-refractivity contribution in [2.24, 2.45) is 16.5 Å². The minimum Gasteiger partial charge on any atom is -0.370 e. The monoisotopic (exact) mass is 492 g/mol. The van der Waals surface area contributed by atoms with E-state index in [4.69, 9.17) is 11.5 Å². The predicted molar refractivity (Wildman–Crippen MR) is 136 cm³/mol. The number of fused-ring (bicyclic) bond motifs is 1. The summed E-state index contributed by atoms with van der Waals surface area (Å²) in [5, 5.41) is 3.23. The number of guanidine groups is 1. The smallest absolute Gasteiger partial charge is 0.254 e. The molecule has 5 N–H and O–H groups in total. The lowest BCUT2D eigenvalue weighted by molar-refractivity contribution is -0.125. The number of nitrogens with two attached hydrogens (primary N) is 2. The fourth-order valence-electron chi connectivity index (χ4n) is 4.20. The van der Waals surface area contributed by atoms with Crippen LogP contribution in [-0.2, 0) is 4.79 Å². The normalized spacial score (nSPS) is 16.1. The molecule has 0 spiro atoms. The topological polar surface area (TPSA) is 144 Å². The van der Waals surface area contributed by atoms with Crippen LogP contribution in [0.25, 0.3) is 10.2 Å². The number of aliphatic imine (C=N–C) groups is 1. The number of thiazole rings is 1. The van der Waals surface area contributed by atoms with Crippen LogP contribution in [0.15, 0.2) is 59.6 Å². The van der Waals surface area contributed by atoms with Gasteiger partial charge in [0.05, 0.1) is 16.3 Å². The molecule has 2 amide bonds. The van der Waals surface area contributed by atoms with E-state index in [9.17, 15) is 14.4 Å². The van der Waals surface area contributed by atoms with Crippen LogP contribution in [0.1, 0.15) is 45.8 Å². The van der Waals surface area contributed by atoms with Crippen LogP contribution in [0.4, 0.5) is 0 Å². The zero-order valence-corrected chi connectivity index (χ0v) is 20.0. The van der Waals surface area contributed by atoms with Crippen molar-refractivity contribution in [1.82, 2.24) is 15.2 Å². The number of amides is 2. The average Bonchev–Trinajstić information content (AvgIpc) is 3.53. The van der Waals surface area contributed by atoms with E-state index in [1.807, 2.05) is 30.3 Å². The van der Waals surface area contributed by atoms with Gasteiger partial charge < -0.3 is 21.7 Å². The number of nitrogens with zero attached hydrogens (tertiary/aromatic N) is 3. The number of benzene rings is 2. The van der Waals surface area contributed by atoms with Crippen molar-refractivity contribution in [2.75, 3.05) is 13.1 Å². The highest BCUT2D eigenvalue weighted by molar-refractivity contribution is 7.20. The second-order valence-corrected chi connectivity index (χ2v) is 9.41. The number of nitrogens with one attached hydrogen (secondary N) is 1. The standard InChI is InChI=1S/C25H28N6O3S/c26-25(27)28-14-6-11-18(21(32)23-30-17-10-4-5-13-20(17)35-23)29-22(33)19-12-7-15-31(19)24(34)16-8-2-1-3-9-16/h1-5,8-10,13,18-19H,6-7,11-12,14-15H2,(H,29,33)(H4,26,27,28)/t18-,19-/m0/s1. The third-order valence-electron chi connectivity index (χ3n) is 5.92. The van der Waals surface area contributed by atoms with Crippen molar-refractivity contribution >= 4 is 45.1 Å². The Labute approximate surface area is 207 Å². The summed E-state index contributed by atoms with van der Waals surface area (Å²) in [6.07, 6.45) is 2.10. The first-order valence-corrected chi connectivity index (χ1v) is 12.4. The molecule has 2 heterocycles. The summed E-state index contributed by atoms with van der Waals surface area (Å²) in [5.74, 6) is -0.814. The Hall–Kier alpha value is -3.79. The molecule has 35 heavy (non-hydrogen) atoms. The lowest BCUT2D eigenvalue weighted by Gasteiger charge is -2.26. The molecule has 1 saturated heterocycles. The fourth-order valence-corrected chi connectivity index (χ4v) is 5.16. The first-order valence-electron chi connectivity index (χ1n) is 11.6. The molecule has 0 unspecified atom stereocenters. The van der Waals surface area contributed by atoms with E-state index in [-0.39, 0.29) is 23.6 Å². The summed E-state index contributed by atoms with van der Waals surface area (Å²) in [6.45, 7) is 0.830. The number of likely N-dealkylation sites (tertiary alicyclic amines) is 1. The van der Waals surface area contributed by atoms with Crippen molar-refractivity contribution < 1.29 is 14.4 Å². The molecule has 2 aromatic carbocycles. The maximum Gasteiger partial charge on any atom is 0.254 e. The molecule has 9 nitrogen and oxygen atoms in total. The third-order valence-corrected chi connectivity index (χ3v) is 6.97. The molecule has 1 aliphatic heterocycles. The highest BCUT2D eigenvalue weighted by Gasteiger charge is 2.36. The number of rotatable bonds is 9. The number of Topliss-reactive ketones (excluding diaryl/α,β-unsaturated/α-hetero) is 1. The molecule has 0 radical (unpaired) electrons. The van der Waals surface area contributed by atoms with Gasteiger partial charge in [0.1, 0.15) is 6.04 Å². The van der Waals surface area contributed by atoms with E-state index in [1.54, 1.807) is 29.2 Å². The van der Waals surface area contributed by atoms with Gasteiger partial charge in [-0.15, -0.1) is 11.3 Å². The third kappa shape index (κ3) is 5.83. The van der Waals surface area contributed by atoms with Gasteiger partial charge in [-0.05, 0) is 49.9 Å². The van der Waals surface area contributed by atoms with Crippen molar-refractivity contribution in [2.45, 2.75) is 37.8 Å². The highest BCUT2D eigenvalue weighted by atomic mass is 32.1. The van der Waals surface area contributed by atoms with Crippen LogP contribution < -0.4 is 16.8 Å². The average molecular weight is 493 g/mol.